The van der Waals surface area contributed by atoms with Gasteiger partial charge in [0.15, 0.2) is 5.78 Å². The number of ketones is 1. The molecule has 4 amide bonds. The molecule has 14 nitrogen and oxygen atoms in total. The average Bonchev–Trinajstić information content (AvgIpc) is 3.32. The monoisotopic (exact) mass is 821 g/mol. The second-order valence-corrected chi connectivity index (χ2v) is 14.5. The van der Waals surface area contributed by atoms with E-state index in [2.05, 4.69) is 23.6 Å². The van der Waals surface area contributed by atoms with Gasteiger partial charge in [-0.15, -0.1) is 0 Å². The Bertz CT molecular complexity index is 1870. The van der Waals surface area contributed by atoms with Gasteiger partial charge in [0.1, 0.15) is 11.5 Å². The number of likely N-dealkylation sites (N-methyl/N-ethyl adjacent to an activating group) is 2. The molecule has 0 atom stereocenters. The van der Waals surface area contributed by atoms with E-state index in [0.717, 1.165) is 61.8 Å². The molecule has 0 aliphatic carbocycles. The first kappa shape index (κ1) is 45.1. The Morgan fingerprint density at radius 1 is 0.567 bits per heavy atom. The molecule has 4 aromatic rings. The van der Waals surface area contributed by atoms with Crippen molar-refractivity contribution in [2.45, 2.75) is 26.9 Å². The number of carbonyl (C=O) groups excluding carboxylic acids is 4. The Labute approximate surface area is 354 Å². The number of benzene rings is 4. The predicted molar refractivity (Wildman–Crippen MR) is 234 cm³/mol. The molecule has 0 spiro atoms. The Kier molecular flexibility index (Phi) is 16.9. The first-order valence-corrected chi connectivity index (χ1v) is 20.5. The fourth-order valence-electron chi connectivity index (χ4n) is 7.09. The summed E-state index contributed by atoms with van der Waals surface area (Å²) in [4.78, 5) is 62.4. The van der Waals surface area contributed by atoms with Crippen molar-refractivity contribution in [2.75, 3.05) is 103 Å². The van der Waals surface area contributed by atoms with Gasteiger partial charge in [0.05, 0.1) is 46.5 Å². The number of esters is 1. The standard InChI is InChI=1S/C23H30N4O3.C23H29N3O4/c1-3-25-11-13-26(14-12-25)23(29)27(20-5-4-6-21(15-20)30-2)17-18-7-9-19(10-8-18)22(28)16-24;1-4-24-12-14-25(15-13-24)23(28)26(20-6-5-7-21(16-20)29-2)17-18-8-10-19(11-9-18)22(27)30-3/h4-10,15H,3,11-14,16-17,24H2,1-2H3;5-11,16H,4,12-15,17H2,1-3H3. The van der Waals surface area contributed by atoms with Crippen molar-refractivity contribution in [3.8, 4) is 11.5 Å². The zero-order valence-corrected chi connectivity index (χ0v) is 35.5. The van der Waals surface area contributed by atoms with Crippen LogP contribution >= 0.6 is 0 Å². The van der Waals surface area contributed by atoms with Crippen molar-refractivity contribution >= 4 is 35.2 Å². The van der Waals surface area contributed by atoms with Crippen LogP contribution in [0, 0.1) is 0 Å². The lowest BCUT2D eigenvalue weighted by atomic mass is 10.1. The molecule has 0 saturated carbocycles. The lowest BCUT2D eigenvalue weighted by molar-refractivity contribution is 0.0600. The van der Waals surface area contributed by atoms with E-state index >= 15 is 0 Å². The Morgan fingerprint density at radius 2 is 0.967 bits per heavy atom. The van der Waals surface area contributed by atoms with Gasteiger partial charge in [0.25, 0.3) is 0 Å². The van der Waals surface area contributed by atoms with Gasteiger partial charge in [-0.25, -0.2) is 14.4 Å². The number of rotatable bonds is 13. The fourth-order valence-corrected chi connectivity index (χ4v) is 7.09. The topological polar surface area (TPSA) is 141 Å². The highest BCUT2D eigenvalue weighted by molar-refractivity contribution is 5.97. The summed E-state index contributed by atoms with van der Waals surface area (Å²) in [5.74, 6) is 0.916. The quantitative estimate of drug-likeness (QED) is 0.129. The maximum absolute atomic E-state index is 13.4. The van der Waals surface area contributed by atoms with Gasteiger partial charge in [0, 0.05) is 81.4 Å². The van der Waals surface area contributed by atoms with Gasteiger partial charge in [-0.2, -0.15) is 0 Å². The van der Waals surface area contributed by atoms with Crippen molar-refractivity contribution < 1.29 is 33.4 Å². The van der Waals surface area contributed by atoms with Crippen molar-refractivity contribution in [1.82, 2.24) is 19.6 Å². The number of urea groups is 2. The Morgan fingerprint density at radius 3 is 1.32 bits per heavy atom. The largest absolute Gasteiger partial charge is 0.497 e. The van der Waals surface area contributed by atoms with E-state index in [4.69, 9.17) is 19.9 Å². The van der Waals surface area contributed by atoms with Crippen LogP contribution in [0.1, 0.15) is 45.7 Å². The second kappa shape index (κ2) is 22.4. The first-order chi connectivity index (χ1) is 29.1. The summed E-state index contributed by atoms with van der Waals surface area (Å²) in [6, 6.07) is 29.4. The maximum atomic E-state index is 13.4. The lowest BCUT2D eigenvalue weighted by Gasteiger charge is -2.37. The van der Waals surface area contributed by atoms with E-state index in [9.17, 15) is 19.2 Å². The third kappa shape index (κ3) is 12.1. The molecule has 2 aliphatic heterocycles. The van der Waals surface area contributed by atoms with Crippen LogP contribution in [0.2, 0.25) is 0 Å². The second-order valence-electron chi connectivity index (χ2n) is 14.5. The highest BCUT2D eigenvalue weighted by atomic mass is 16.5. The summed E-state index contributed by atoms with van der Waals surface area (Å²) < 4.78 is 15.5. The molecule has 6 rings (SSSR count). The molecule has 0 bridgehead atoms. The molecule has 0 aromatic heterocycles. The number of Topliss-reactive ketones (excluding diaryl/α,β-unsaturated/α-hetero) is 1. The fraction of sp³-hybridized carbons (Fsp3) is 0.391. The van der Waals surface area contributed by atoms with E-state index in [1.54, 1.807) is 48.3 Å². The molecule has 2 saturated heterocycles. The van der Waals surface area contributed by atoms with E-state index in [0.29, 0.717) is 61.9 Å². The molecule has 2 fully saturated rings. The van der Waals surface area contributed by atoms with Crippen LogP contribution in [0.3, 0.4) is 0 Å². The zero-order chi connectivity index (χ0) is 43.0. The highest BCUT2D eigenvalue weighted by Crippen LogP contribution is 2.26. The van der Waals surface area contributed by atoms with Crippen molar-refractivity contribution in [2.24, 2.45) is 5.73 Å². The molecule has 2 heterocycles. The van der Waals surface area contributed by atoms with E-state index < -0.39 is 0 Å². The molecule has 0 unspecified atom stereocenters. The maximum Gasteiger partial charge on any atom is 0.337 e. The van der Waals surface area contributed by atoms with Crippen molar-refractivity contribution in [3.63, 3.8) is 0 Å². The van der Waals surface area contributed by atoms with Gasteiger partial charge in [-0.1, -0.05) is 62.4 Å². The Hall–Kier alpha value is -5.96. The first-order valence-electron chi connectivity index (χ1n) is 20.5. The number of methoxy groups -OCH3 is 3. The van der Waals surface area contributed by atoms with Crippen LogP contribution in [0.5, 0.6) is 11.5 Å². The number of piperazine rings is 2. The summed E-state index contributed by atoms with van der Waals surface area (Å²) in [7, 11) is 4.58. The molecule has 14 heteroatoms. The van der Waals surface area contributed by atoms with E-state index in [1.165, 1.54) is 7.11 Å². The molecular weight excluding hydrogens is 763 g/mol. The Balaban J connectivity index is 0.000000228. The summed E-state index contributed by atoms with van der Waals surface area (Å²) in [5.41, 5.74) is 9.92. The summed E-state index contributed by atoms with van der Waals surface area (Å²) in [6.07, 6.45) is 0. The molecular formula is C46H59N7O7. The SMILES string of the molecule is CCN1CCN(C(=O)N(Cc2ccc(C(=O)CN)cc2)c2cccc(OC)c2)CC1.CCN1CCN(C(=O)N(Cc2ccc(C(=O)OC)cc2)c2cccc(OC)c2)CC1. The molecule has 4 aromatic carbocycles. The zero-order valence-electron chi connectivity index (χ0n) is 35.5. The third-order valence-electron chi connectivity index (χ3n) is 10.9. The number of hydrogen-bond donors (Lipinski definition) is 1. The number of ether oxygens (including phenoxy) is 3. The minimum Gasteiger partial charge on any atom is -0.497 e. The highest BCUT2D eigenvalue weighted by Gasteiger charge is 2.28. The molecule has 60 heavy (non-hydrogen) atoms. The van der Waals surface area contributed by atoms with E-state index in [1.807, 2.05) is 82.6 Å². The summed E-state index contributed by atoms with van der Waals surface area (Å²) >= 11 is 0. The van der Waals surface area contributed by atoms with Crippen LogP contribution in [0.4, 0.5) is 21.0 Å². The average molecular weight is 822 g/mol. The van der Waals surface area contributed by atoms with Crippen LogP contribution in [-0.2, 0) is 17.8 Å². The summed E-state index contributed by atoms with van der Waals surface area (Å²) in [6.45, 7) is 13.4. The van der Waals surface area contributed by atoms with Crippen LogP contribution in [-0.4, -0.2) is 137 Å². The van der Waals surface area contributed by atoms with Crippen LogP contribution in [0.15, 0.2) is 97.1 Å². The molecule has 2 aliphatic rings. The third-order valence-corrected chi connectivity index (χ3v) is 10.9. The number of nitrogens with zero attached hydrogens (tertiary/aromatic N) is 6. The normalized spacial score (nSPS) is 14.4. The number of hydrogen-bond acceptors (Lipinski definition) is 10. The molecule has 320 valence electrons. The van der Waals surface area contributed by atoms with Gasteiger partial charge in [-0.3, -0.25) is 14.6 Å². The number of carbonyl (C=O) groups is 4. The minimum atomic E-state index is -0.379. The smallest absolute Gasteiger partial charge is 0.337 e. The number of anilines is 2. The van der Waals surface area contributed by atoms with Gasteiger partial charge < -0.3 is 39.5 Å². The predicted octanol–water partition coefficient (Wildman–Crippen LogP) is 5.85. The van der Waals surface area contributed by atoms with Crippen LogP contribution in [0.25, 0.3) is 0 Å². The van der Waals surface area contributed by atoms with Gasteiger partial charge in [0.2, 0.25) is 0 Å². The van der Waals surface area contributed by atoms with Gasteiger partial charge in [-0.05, 0) is 60.6 Å². The van der Waals surface area contributed by atoms with E-state index in [-0.39, 0.29) is 30.4 Å². The lowest BCUT2D eigenvalue weighted by Crippen LogP contribution is -2.52. The molecule has 2 N–H and O–H groups in total. The van der Waals surface area contributed by atoms with Crippen LogP contribution < -0.4 is 25.0 Å². The minimum absolute atomic E-state index is 0.0164. The number of amides is 4. The van der Waals surface area contributed by atoms with Gasteiger partial charge >= 0.3 is 18.0 Å². The summed E-state index contributed by atoms with van der Waals surface area (Å²) in [5, 5.41) is 0. The molecule has 0 radical (unpaired) electrons. The van der Waals surface area contributed by atoms with Crippen molar-refractivity contribution in [1.29, 1.82) is 0 Å². The van der Waals surface area contributed by atoms with Crippen molar-refractivity contribution in [3.05, 3.63) is 119 Å². The number of nitrogens with two attached hydrogens (primary N) is 1.